The van der Waals surface area contributed by atoms with Crippen molar-refractivity contribution in [3.05, 3.63) is 53.4 Å². The van der Waals surface area contributed by atoms with Crippen molar-refractivity contribution in [2.24, 2.45) is 0 Å². The Morgan fingerprint density at radius 2 is 1.81 bits per heavy atom. The molecule has 0 N–H and O–H groups in total. The van der Waals surface area contributed by atoms with Crippen LogP contribution in [0.25, 0.3) is 10.6 Å². The quantitative estimate of drug-likeness (QED) is 0.584. The molecule has 2 aromatic heterocycles. The van der Waals surface area contributed by atoms with Gasteiger partial charge in [0.2, 0.25) is 15.9 Å². The molecule has 4 heterocycles. The summed E-state index contributed by atoms with van der Waals surface area (Å²) < 4.78 is 28.0. The predicted octanol–water partition coefficient (Wildman–Crippen LogP) is 2.63. The maximum atomic E-state index is 13.2. The van der Waals surface area contributed by atoms with Crippen LogP contribution in [0.4, 0.5) is 11.5 Å². The zero-order valence-corrected chi connectivity index (χ0v) is 19.3. The van der Waals surface area contributed by atoms with Crippen molar-refractivity contribution in [3.8, 4) is 10.6 Å². The van der Waals surface area contributed by atoms with Crippen molar-refractivity contribution in [1.29, 1.82) is 0 Å². The van der Waals surface area contributed by atoms with Crippen molar-refractivity contribution in [3.63, 3.8) is 0 Å². The van der Waals surface area contributed by atoms with E-state index in [1.54, 1.807) is 34.4 Å². The average Bonchev–Trinajstić information content (AvgIpc) is 3.49. The lowest BCUT2D eigenvalue weighted by atomic mass is 10.2. The highest BCUT2D eigenvalue weighted by atomic mass is 32.2. The normalized spacial score (nSPS) is 16.9. The molecule has 2 aliphatic heterocycles. The molecule has 0 atom stereocenters. The maximum absolute atomic E-state index is 13.2. The summed E-state index contributed by atoms with van der Waals surface area (Å²) in [6, 6.07) is 13.0. The fourth-order valence-electron chi connectivity index (χ4n) is 4.22. The Hall–Kier alpha value is -2.82. The standard InChI is InChI=1S/C22H23N5O3S2/c1-16(28)27-9-8-17-15-18(4-6-20(17)27)32(29,30)26-12-10-25(11-13-26)22-7-5-19(23-24-22)21-3-2-14-31-21/h2-7,14-15H,8-13H2,1H3. The summed E-state index contributed by atoms with van der Waals surface area (Å²) in [4.78, 5) is 16.9. The number of hydrogen-bond acceptors (Lipinski definition) is 7. The molecule has 0 unspecified atom stereocenters. The van der Waals surface area contributed by atoms with Crippen LogP contribution in [0, 0.1) is 0 Å². The first-order valence-corrected chi connectivity index (χ1v) is 12.8. The van der Waals surface area contributed by atoms with E-state index in [1.165, 1.54) is 11.2 Å². The van der Waals surface area contributed by atoms with Gasteiger partial charge in [0.25, 0.3) is 0 Å². The third-order valence-electron chi connectivity index (χ3n) is 5.95. The molecule has 0 spiro atoms. The van der Waals surface area contributed by atoms with E-state index in [0.29, 0.717) is 39.1 Å². The van der Waals surface area contributed by atoms with E-state index in [0.717, 1.165) is 27.6 Å². The number of aromatic nitrogens is 2. The summed E-state index contributed by atoms with van der Waals surface area (Å²) >= 11 is 1.62. The molecule has 0 saturated carbocycles. The van der Waals surface area contributed by atoms with Gasteiger partial charge in [0.1, 0.15) is 5.69 Å². The molecule has 10 heteroatoms. The largest absolute Gasteiger partial charge is 0.352 e. The lowest BCUT2D eigenvalue weighted by Gasteiger charge is -2.34. The number of hydrogen-bond donors (Lipinski definition) is 0. The number of amides is 1. The summed E-state index contributed by atoms with van der Waals surface area (Å²) in [7, 11) is -3.59. The number of sulfonamides is 1. The molecule has 166 valence electrons. The van der Waals surface area contributed by atoms with E-state index in [2.05, 4.69) is 15.1 Å². The van der Waals surface area contributed by atoms with Crippen LogP contribution in [-0.4, -0.2) is 61.6 Å². The highest BCUT2D eigenvalue weighted by Crippen LogP contribution is 2.31. The van der Waals surface area contributed by atoms with Crippen LogP contribution >= 0.6 is 11.3 Å². The molecule has 1 amide bonds. The third-order valence-corrected chi connectivity index (χ3v) is 8.74. The number of fused-ring (bicyclic) bond motifs is 1. The Bertz CT molecular complexity index is 1240. The molecule has 0 bridgehead atoms. The van der Waals surface area contributed by atoms with Crippen LogP contribution in [0.5, 0.6) is 0 Å². The molecule has 1 aromatic carbocycles. The summed E-state index contributed by atoms with van der Waals surface area (Å²) in [5, 5.41) is 10.7. The van der Waals surface area contributed by atoms with E-state index in [4.69, 9.17) is 0 Å². The Kier molecular flexibility index (Phi) is 5.44. The van der Waals surface area contributed by atoms with E-state index >= 15 is 0 Å². The Balaban J connectivity index is 1.27. The van der Waals surface area contributed by atoms with Gasteiger partial charge in [0, 0.05) is 45.3 Å². The number of anilines is 2. The van der Waals surface area contributed by atoms with Crippen LogP contribution in [0.3, 0.4) is 0 Å². The van der Waals surface area contributed by atoms with Crippen molar-refractivity contribution in [2.75, 3.05) is 42.5 Å². The molecule has 8 nitrogen and oxygen atoms in total. The van der Waals surface area contributed by atoms with Crippen LogP contribution in [0.15, 0.2) is 52.7 Å². The zero-order valence-electron chi connectivity index (χ0n) is 17.6. The second-order valence-corrected chi connectivity index (χ2v) is 10.7. The summed E-state index contributed by atoms with van der Waals surface area (Å²) in [6.45, 7) is 3.99. The first-order valence-electron chi connectivity index (χ1n) is 10.5. The van der Waals surface area contributed by atoms with E-state index in [1.807, 2.05) is 29.6 Å². The molecule has 2 aliphatic rings. The van der Waals surface area contributed by atoms with Crippen molar-refractivity contribution >= 4 is 38.8 Å². The average molecular weight is 470 g/mol. The number of nitrogens with zero attached hydrogens (tertiary/aromatic N) is 5. The lowest BCUT2D eigenvalue weighted by molar-refractivity contribution is -0.116. The van der Waals surface area contributed by atoms with Crippen LogP contribution in [0.2, 0.25) is 0 Å². The first-order chi connectivity index (χ1) is 15.4. The number of piperazine rings is 1. The second kappa shape index (κ2) is 8.27. The molecule has 0 radical (unpaired) electrons. The van der Waals surface area contributed by atoms with Gasteiger partial charge in [-0.3, -0.25) is 4.79 Å². The van der Waals surface area contributed by atoms with E-state index in [9.17, 15) is 13.2 Å². The fourth-order valence-corrected chi connectivity index (χ4v) is 6.39. The Morgan fingerprint density at radius 3 is 2.47 bits per heavy atom. The van der Waals surface area contributed by atoms with Gasteiger partial charge in [-0.1, -0.05) is 6.07 Å². The molecule has 32 heavy (non-hydrogen) atoms. The van der Waals surface area contributed by atoms with Crippen molar-refractivity contribution < 1.29 is 13.2 Å². The zero-order chi connectivity index (χ0) is 22.3. The molecule has 1 fully saturated rings. The number of carbonyl (C=O) groups excluding carboxylic acids is 1. The van der Waals surface area contributed by atoms with Crippen LogP contribution in [0.1, 0.15) is 12.5 Å². The minimum atomic E-state index is -3.59. The predicted molar refractivity (Wildman–Crippen MR) is 124 cm³/mol. The van der Waals surface area contributed by atoms with Crippen molar-refractivity contribution in [1.82, 2.24) is 14.5 Å². The highest BCUT2D eigenvalue weighted by molar-refractivity contribution is 7.89. The van der Waals surface area contributed by atoms with Crippen LogP contribution in [-0.2, 0) is 21.2 Å². The molecule has 3 aromatic rings. The minimum Gasteiger partial charge on any atom is -0.352 e. The van der Waals surface area contributed by atoms with E-state index < -0.39 is 10.0 Å². The smallest absolute Gasteiger partial charge is 0.243 e. The Morgan fingerprint density at radius 1 is 1.00 bits per heavy atom. The van der Waals surface area contributed by atoms with Gasteiger partial charge in [-0.2, -0.15) is 4.31 Å². The minimum absolute atomic E-state index is 0.0259. The van der Waals surface area contributed by atoms with Gasteiger partial charge in [-0.05, 0) is 53.8 Å². The van der Waals surface area contributed by atoms with Crippen LogP contribution < -0.4 is 9.80 Å². The third kappa shape index (κ3) is 3.78. The van der Waals surface area contributed by atoms with Gasteiger partial charge < -0.3 is 9.80 Å². The van der Waals surface area contributed by atoms with Gasteiger partial charge in [0.05, 0.1) is 9.77 Å². The summed E-state index contributed by atoms with van der Waals surface area (Å²) in [5.41, 5.74) is 2.55. The second-order valence-electron chi connectivity index (χ2n) is 7.86. The van der Waals surface area contributed by atoms with Gasteiger partial charge in [0.15, 0.2) is 5.82 Å². The monoisotopic (exact) mass is 469 g/mol. The Labute approximate surface area is 191 Å². The van der Waals surface area contributed by atoms with E-state index in [-0.39, 0.29) is 10.8 Å². The number of rotatable bonds is 4. The highest BCUT2D eigenvalue weighted by Gasteiger charge is 2.31. The van der Waals surface area contributed by atoms with Gasteiger partial charge in [-0.25, -0.2) is 8.42 Å². The number of carbonyl (C=O) groups is 1. The van der Waals surface area contributed by atoms with Gasteiger partial charge >= 0.3 is 0 Å². The first kappa shape index (κ1) is 21.0. The maximum Gasteiger partial charge on any atom is 0.243 e. The summed E-state index contributed by atoms with van der Waals surface area (Å²) in [6.07, 6.45) is 0.673. The van der Waals surface area contributed by atoms with Gasteiger partial charge in [-0.15, -0.1) is 21.5 Å². The molecule has 1 saturated heterocycles. The molecule has 5 rings (SSSR count). The van der Waals surface area contributed by atoms with Crippen molar-refractivity contribution in [2.45, 2.75) is 18.2 Å². The number of thiophene rings is 1. The number of benzene rings is 1. The molecular formula is C22H23N5O3S2. The fraction of sp³-hybridized carbons (Fsp3) is 0.318. The molecular weight excluding hydrogens is 446 g/mol. The SMILES string of the molecule is CC(=O)N1CCc2cc(S(=O)(=O)N3CCN(c4ccc(-c5cccs5)nn4)CC3)ccc21. The lowest BCUT2D eigenvalue weighted by Crippen LogP contribution is -2.49. The topological polar surface area (TPSA) is 86.7 Å². The molecule has 0 aliphatic carbocycles. The summed E-state index contributed by atoms with van der Waals surface area (Å²) in [5.74, 6) is 0.728.